The van der Waals surface area contributed by atoms with Crippen molar-refractivity contribution in [1.82, 2.24) is 25.3 Å². The maximum Gasteiger partial charge on any atom is 0.275 e. The molecule has 0 saturated carbocycles. The summed E-state index contributed by atoms with van der Waals surface area (Å²) in [6.45, 7) is 3.72. The summed E-state index contributed by atoms with van der Waals surface area (Å²) in [6, 6.07) is 7.71. The second-order valence-electron chi connectivity index (χ2n) is 6.49. The van der Waals surface area contributed by atoms with E-state index in [1.807, 2.05) is 17.7 Å². The molecule has 1 aromatic carbocycles. The Labute approximate surface area is 174 Å². The van der Waals surface area contributed by atoms with Crippen molar-refractivity contribution >= 4 is 47.4 Å². The maximum atomic E-state index is 12.8. The van der Waals surface area contributed by atoms with Crippen molar-refractivity contribution in [2.24, 2.45) is 0 Å². The summed E-state index contributed by atoms with van der Waals surface area (Å²) in [6.07, 6.45) is 3.55. The normalized spacial score (nSPS) is 14.0. The topological polar surface area (TPSA) is 111 Å². The lowest BCUT2D eigenvalue weighted by atomic mass is 10.1. The van der Waals surface area contributed by atoms with Gasteiger partial charge in [-0.3, -0.25) is 14.6 Å². The molecular formula is C18H21Cl2N7O. The lowest BCUT2D eigenvalue weighted by Gasteiger charge is -2.24. The highest BCUT2D eigenvalue weighted by Crippen LogP contribution is 2.25. The number of aryl methyl sites for hydroxylation is 1. The fourth-order valence-corrected chi connectivity index (χ4v) is 3.40. The zero-order valence-electron chi connectivity index (χ0n) is 15.2. The summed E-state index contributed by atoms with van der Waals surface area (Å²) < 4.78 is 1.81. The Morgan fingerprint density at radius 3 is 2.79 bits per heavy atom. The summed E-state index contributed by atoms with van der Waals surface area (Å²) in [5.74, 6) is 0.215. The Morgan fingerprint density at radius 1 is 1.32 bits per heavy atom. The molecule has 4 rings (SSSR count). The summed E-state index contributed by atoms with van der Waals surface area (Å²) in [5, 5.41) is 27.5. The molecule has 0 spiro atoms. The van der Waals surface area contributed by atoms with Gasteiger partial charge >= 0.3 is 0 Å². The van der Waals surface area contributed by atoms with Gasteiger partial charge in [-0.05, 0) is 56.6 Å². The van der Waals surface area contributed by atoms with Gasteiger partial charge in [0.15, 0.2) is 5.82 Å². The molecule has 1 aliphatic heterocycles. The number of hydrogen-bond donors (Lipinski definition) is 3. The average molecular weight is 422 g/mol. The van der Waals surface area contributed by atoms with E-state index in [1.165, 1.54) is 0 Å². The van der Waals surface area contributed by atoms with Gasteiger partial charge in [0, 0.05) is 11.6 Å². The Hall–Kier alpha value is -2.60. The van der Waals surface area contributed by atoms with E-state index in [-0.39, 0.29) is 36.8 Å². The molecule has 3 aromatic rings. The summed E-state index contributed by atoms with van der Waals surface area (Å²) in [4.78, 5) is 12.8. The summed E-state index contributed by atoms with van der Waals surface area (Å²) >= 11 is 0. The van der Waals surface area contributed by atoms with Crippen molar-refractivity contribution in [1.29, 1.82) is 5.26 Å². The standard InChI is InChI=1S/C18H19N7O.2ClH/c1-11-8-14-15(9-12(11)10-19)23-24-17(14)22-18(26)16-4-7-21-25(16)13-2-5-20-6-3-13;;/h4,7-9,13,20H,2-3,5-6H2,1H3,(H2,22,23,24,26);2*1H. The Bertz CT molecular complexity index is 1010. The zero-order valence-corrected chi connectivity index (χ0v) is 16.9. The molecule has 1 saturated heterocycles. The number of nitrogens with one attached hydrogen (secondary N) is 3. The lowest BCUT2D eigenvalue weighted by molar-refractivity contribution is 0.101. The van der Waals surface area contributed by atoms with Crippen LogP contribution < -0.4 is 10.6 Å². The van der Waals surface area contributed by atoms with Crippen molar-refractivity contribution in [2.45, 2.75) is 25.8 Å². The van der Waals surface area contributed by atoms with E-state index in [1.54, 1.807) is 18.3 Å². The Balaban J connectivity index is 0.00000140. The van der Waals surface area contributed by atoms with Crippen molar-refractivity contribution in [2.75, 3.05) is 18.4 Å². The first-order chi connectivity index (χ1) is 12.7. The van der Waals surface area contributed by atoms with Gasteiger partial charge in [-0.15, -0.1) is 24.8 Å². The van der Waals surface area contributed by atoms with Gasteiger partial charge in [-0.2, -0.15) is 15.5 Å². The van der Waals surface area contributed by atoms with Crippen LogP contribution in [-0.2, 0) is 0 Å². The van der Waals surface area contributed by atoms with E-state index in [0.29, 0.717) is 22.6 Å². The van der Waals surface area contributed by atoms with Crippen LogP contribution >= 0.6 is 24.8 Å². The molecule has 0 unspecified atom stereocenters. The quantitative estimate of drug-likeness (QED) is 0.601. The highest BCUT2D eigenvalue weighted by molar-refractivity contribution is 6.07. The van der Waals surface area contributed by atoms with Crippen LogP contribution in [0.4, 0.5) is 5.82 Å². The third-order valence-corrected chi connectivity index (χ3v) is 4.82. The number of rotatable bonds is 3. The number of carbonyl (C=O) groups excluding carboxylic acids is 1. The molecule has 0 bridgehead atoms. The minimum atomic E-state index is -0.239. The number of benzene rings is 1. The number of anilines is 1. The van der Waals surface area contributed by atoms with Gasteiger partial charge < -0.3 is 10.6 Å². The second-order valence-corrected chi connectivity index (χ2v) is 6.49. The second kappa shape index (κ2) is 9.06. The van der Waals surface area contributed by atoms with Gasteiger partial charge in [0.05, 0.1) is 23.2 Å². The lowest BCUT2D eigenvalue weighted by Crippen LogP contribution is -2.31. The first-order valence-corrected chi connectivity index (χ1v) is 8.62. The van der Waals surface area contributed by atoms with E-state index in [0.717, 1.165) is 36.9 Å². The van der Waals surface area contributed by atoms with Crippen LogP contribution in [0.5, 0.6) is 0 Å². The Kier molecular flexibility index (Phi) is 7.02. The number of piperidine rings is 1. The van der Waals surface area contributed by atoms with Crippen LogP contribution in [0.2, 0.25) is 0 Å². The number of fused-ring (bicyclic) bond motifs is 1. The van der Waals surface area contributed by atoms with Gasteiger partial charge in [0.25, 0.3) is 5.91 Å². The van der Waals surface area contributed by atoms with E-state index in [9.17, 15) is 4.79 Å². The number of amides is 1. The van der Waals surface area contributed by atoms with Crippen molar-refractivity contribution in [3.05, 3.63) is 41.2 Å². The molecular weight excluding hydrogens is 401 g/mol. The number of aromatic amines is 1. The third kappa shape index (κ3) is 3.97. The predicted octanol–water partition coefficient (Wildman–Crippen LogP) is 2.96. The molecule has 1 aliphatic rings. The first-order valence-electron chi connectivity index (χ1n) is 8.62. The highest BCUT2D eigenvalue weighted by Gasteiger charge is 2.22. The molecule has 0 atom stereocenters. The number of aromatic nitrogens is 4. The van der Waals surface area contributed by atoms with Crippen LogP contribution in [0.1, 0.15) is 40.5 Å². The monoisotopic (exact) mass is 421 g/mol. The van der Waals surface area contributed by atoms with Crippen molar-refractivity contribution in [3.8, 4) is 6.07 Å². The number of nitriles is 1. The van der Waals surface area contributed by atoms with Crippen LogP contribution in [0, 0.1) is 18.3 Å². The molecule has 1 fully saturated rings. The molecule has 3 N–H and O–H groups in total. The molecule has 28 heavy (non-hydrogen) atoms. The molecule has 0 aliphatic carbocycles. The van der Waals surface area contributed by atoms with Crippen LogP contribution in [0.3, 0.4) is 0 Å². The predicted molar refractivity (Wildman–Crippen MR) is 111 cm³/mol. The van der Waals surface area contributed by atoms with Crippen LogP contribution in [0.25, 0.3) is 10.9 Å². The molecule has 3 heterocycles. The molecule has 2 aromatic heterocycles. The minimum Gasteiger partial charge on any atom is -0.317 e. The van der Waals surface area contributed by atoms with E-state index in [2.05, 4.69) is 32.0 Å². The number of halogens is 2. The molecule has 1 amide bonds. The summed E-state index contributed by atoms with van der Waals surface area (Å²) in [5.41, 5.74) is 2.67. The van der Waals surface area contributed by atoms with Gasteiger partial charge in [0.2, 0.25) is 0 Å². The first kappa shape index (κ1) is 21.7. The number of nitrogens with zero attached hydrogens (tertiary/aromatic N) is 4. The van der Waals surface area contributed by atoms with Gasteiger partial charge in [-0.25, -0.2) is 0 Å². The zero-order chi connectivity index (χ0) is 18.1. The van der Waals surface area contributed by atoms with E-state index < -0.39 is 0 Å². The number of hydrogen-bond acceptors (Lipinski definition) is 5. The number of H-pyrrole nitrogens is 1. The molecule has 0 radical (unpaired) electrons. The molecule has 10 heteroatoms. The highest BCUT2D eigenvalue weighted by atomic mass is 35.5. The van der Waals surface area contributed by atoms with Crippen LogP contribution in [-0.4, -0.2) is 39.0 Å². The largest absolute Gasteiger partial charge is 0.317 e. The smallest absolute Gasteiger partial charge is 0.275 e. The molecule has 148 valence electrons. The van der Waals surface area contributed by atoms with Crippen LogP contribution in [0.15, 0.2) is 24.4 Å². The van der Waals surface area contributed by atoms with Gasteiger partial charge in [0.1, 0.15) is 5.69 Å². The van der Waals surface area contributed by atoms with Crippen molar-refractivity contribution in [3.63, 3.8) is 0 Å². The fourth-order valence-electron chi connectivity index (χ4n) is 3.40. The third-order valence-electron chi connectivity index (χ3n) is 4.82. The average Bonchev–Trinajstić information content (AvgIpc) is 3.29. The SMILES string of the molecule is Cc1cc2c(NC(=O)c3ccnn3C3CCNCC3)n[nH]c2cc1C#N.Cl.Cl. The van der Waals surface area contributed by atoms with E-state index >= 15 is 0 Å². The Morgan fingerprint density at radius 2 is 2.07 bits per heavy atom. The summed E-state index contributed by atoms with van der Waals surface area (Å²) in [7, 11) is 0. The molecule has 8 nitrogen and oxygen atoms in total. The fraction of sp³-hybridized carbons (Fsp3) is 0.333. The van der Waals surface area contributed by atoms with Gasteiger partial charge in [-0.1, -0.05) is 0 Å². The minimum absolute atomic E-state index is 0. The maximum absolute atomic E-state index is 12.8. The number of carbonyl (C=O) groups is 1. The van der Waals surface area contributed by atoms with E-state index in [4.69, 9.17) is 5.26 Å². The van der Waals surface area contributed by atoms with Crippen molar-refractivity contribution < 1.29 is 4.79 Å².